The summed E-state index contributed by atoms with van der Waals surface area (Å²) in [6.07, 6.45) is 0. The second kappa shape index (κ2) is 4.31. The number of halogens is 2. The maximum atomic E-state index is 13.0. The van der Waals surface area contributed by atoms with E-state index in [1.165, 1.54) is 18.2 Å². The summed E-state index contributed by atoms with van der Waals surface area (Å²) >= 11 is 0. The quantitative estimate of drug-likeness (QED) is 0.804. The summed E-state index contributed by atoms with van der Waals surface area (Å²) in [5.74, 6) is -0.509. The lowest BCUT2D eigenvalue weighted by atomic mass is 10.2. The van der Waals surface area contributed by atoms with Gasteiger partial charge in [0.25, 0.3) is 0 Å². The minimum absolute atomic E-state index is 0.232. The van der Waals surface area contributed by atoms with Gasteiger partial charge in [0.05, 0.1) is 0 Å². The Morgan fingerprint density at radius 1 is 0.875 bits per heavy atom. The molecule has 0 aliphatic rings. The van der Waals surface area contributed by atoms with Crippen molar-refractivity contribution in [3.63, 3.8) is 0 Å². The SMILES string of the molecule is Cc1cc(Nc2ccc(F)cc2)ccc1F. The molecule has 0 radical (unpaired) electrons. The van der Waals surface area contributed by atoms with Crippen molar-refractivity contribution in [3.05, 3.63) is 59.7 Å². The van der Waals surface area contributed by atoms with E-state index in [2.05, 4.69) is 5.32 Å². The molecule has 0 aromatic heterocycles. The van der Waals surface area contributed by atoms with Gasteiger partial charge in [-0.15, -0.1) is 0 Å². The van der Waals surface area contributed by atoms with Crippen LogP contribution in [0.3, 0.4) is 0 Å². The molecule has 0 saturated heterocycles. The molecule has 0 bridgehead atoms. The van der Waals surface area contributed by atoms with E-state index in [0.717, 1.165) is 11.4 Å². The molecule has 0 fully saturated rings. The van der Waals surface area contributed by atoms with Gasteiger partial charge in [-0.05, 0) is 55.0 Å². The Bertz CT molecular complexity index is 492. The lowest BCUT2D eigenvalue weighted by Crippen LogP contribution is -1.92. The zero-order valence-electron chi connectivity index (χ0n) is 8.80. The predicted molar refractivity (Wildman–Crippen MR) is 60.8 cm³/mol. The largest absolute Gasteiger partial charge is 0.356 e. The first-order valence-corrected chi connectivity index (χ1v) is 4.94. The molecule has 2 aromatic carbocycles. The van der Waals surface area contributed by atoms with Crippen LogP contribution in [0.5, 0.6) is 0 Å². The molecule has 16 heavy (non-hydrogen) atoms. The first-order valence-electron chi connectivity index (χ1n) is 4.94. The van der Waals surface area contributed by atoms with Crippen molar-refractivity contribution in [2.75, 3.05) is 5.32 Å². The van der Waals surface area contributed by atoms with Gasteiger partial charge in [0.1, 0.15) is 11.6 Å². The van der Waals surface area contributed by atoms with Crippen LogP contribution in [0.4, 0.5) is 20.2 Å². The lowest BCUT2D eigenvalue weighted by molar-refractivity contribution is 0.619. The normalized spacial score (nSPS) is 10.2. The van der Waals surface area contributed by atoms with Crippen molar-refractivity contribution in [1.29, 1.82) is 0 Å². The van der Waals surface area contributed by atoms with Gasteiger partial charge in [-0.3, -0.25) is 0 Å². The molecule has 82 valence electrons. The smallest absolute Gasteiger partial charge is 0.126 e. The predicted octanol–water partition coefficient (Wildman–Crippen LogP) is 4.02. The van der Waals surface area contributed by atoms with Crippen molar-refractivity contribution >= 4 is 11.4 Å². The van der Waals surface area contributed by atoms with Gasteiger partial charge in [0.2, 0.25) is 0 Å². The minimum Gasteiger partial charge on any atom is -0.356 e. The van der Waals surface area contributed by atoms with Crippen LogP contribution in [-0.4, -0.2) is 0 Å². The highest BCUT2D eigenvalue weighted by Crippen LogP contribution is 2.19. The van der Waals surface area contributed by atoms with Gasteiger partial charge in [-0.25, -0.2) is 8.78 Å². The summed E-state index contributed by atoms with van der Waals surface area (Å²) < 4.78 is 25.7. The van der Waals surface area contributed by atoms with Crippen molar-refractivity contribution < 1.29 is 8.78 Å². The fourth-order valence-corrected chi connectivity index (χ4v) is 1.42. The summed E-state index contributed by atoms with van der Waals surface area (Å²) in [6.45, 7) is 1.70. The Morgan fingerprint density at radius 2 is 1.50 bits per heavy atom. The Balaban J connectivity index is 2.20. The summed E-state index contributed by atoms with van der Waals surface area (Å²) in [4.78, 5) is 0. The van der Waals surface area contributed by atoms with Crippen LogP contribution < -0.4 is 5.32 Å². The number of benzene rings is 2. The molecule has 0 atom stereocenters. The van der Waals surface area contributed by atoms with Gasteiger partial charge in [0.15, 0.2) is 0 Å². The molecule has 0 spiro atoms. The molecule has 2 rings (SSSR count). The Morgan fingerprint density at radius 3 is 2.12 bits per heavy atom. The summed E-state index contributed by atoms with van der Waals surface area (Å²) in [7, 11) is 0. The molecule has 0 aliphatic carbocycles. The maximum absolute atomic E-state index is 13.0. The highest BCUT2D eigenvalue weighted by atomic mass is 19.1. The zero-order valence-corrected chi connectivity index (χ0v) is 8.80. The summed E-state index contributed by atoms with van der Waals surface area (Å²) in [5, 5.41) is 3.07. The molecule has 2 aromatic rings. The Kier molecular flexibility index (Phi) is 2.86. The number of hydrogen-bond donors (Lipinski definition) is 1. The van der Waals surface area contributed by atoms with E-state index in [1.807, 2.05) is 0 Å². The van der Waals surface area contributed by atoms with Crippen molar-refractivity contribution in [3.8, 4) is 0 Å². The fourth-order valence-electron chi connectivity index (χ4n) is 1.42. The number of nitrogens with one attached hydrogen (secondary N) is 1. The molecule has 3 heteroatoms. The highest BCUT2D eigenvalue weighted by molar-refractivity contribution is 5.60. The minimum atomic E-state index is -0.277. The maximum Gasteiger partial charge on any atom is 0.126 e. The molecule has 0 aliphatic heterocycles. The third-order valence-corrected chi connectivity index (χ3v) is 2.29. The molecule has 0 heterocycles. The van der Waals surface area contributed by atoms with Crippen molar-refractivity contribution in [1.82, 2.24) is 0 Å². The van der Waals surface area contributed by atoms with E-state index >= 15 is 0 Å². The van der Waals surface area contributed by atoms with Crippen LogP contribution in [0, 0.1) is 18.6 Å². The summed E-state index contributed by atoms with van der Waals surface area (Å²) in [6, 6.07) is 10.8. The van der Waals surface area contributed by atoms with E-state index < -0.39 is 0 Å². The van der Waals surface area contributed by atoms with Gasteiger partial charge in [0, 0.05) is 11.4 Å². The molecule has 0 unspecified atom stereocenters. The number of hydrogen-bond acceptors (Lipinski definition) is 1. The number of anilines is 2. The molecule has 1 nitrogen and oxygen atoms in total. The highest BCUT2D eigenvalue weighted by Gasteiger charge is 1.99. The van der Waals surface area contributed by atoms with Crippen LogP contribution in [0.1, 0.15) is 5.56 Å². The average Bonchev–Trinajstić information content (AvgIpc) is 2.27. The Hall–Kier alpha value is -1.90. The van der Waals surface area contributed by atoms with Crippen LogP contribution in [0.25, 0.3) is 0 Å². The van der Waals surface area contributed by atoms with Crippen LogP contribution in [0.2, 0.25) is 0 Å². The summed E-state index contributed by atoms with van der Waals surface area (Å²) in [5.41, 5.74) is 2.13. The standard InChI is InChI=1S/C13H11F2N/c1-9-8-12(6-7-13(9)15)16-11-4-2-10(14)3-5-11/h2-8,16H,1H3. The van der Waals surface area contributed by atoms with E-state index in [1.54, 1.807) is 31.2 Å². The van der Waals surface area contributed by atoms with Gasteiger partial charge >= 0.3 is 0 Å². The lowest BCUT2D eigenvalue weighted by Gasteiger charge is -2.07. The van der Waals surface area contributed by atoms with Crippen molar-refractivity contribution in [2.45, 2.75) is 6.92 Å². The van der Waals surface area contributed by atoms with E-state index in [0.29, 0.717) is 5.56 Å². The van der Waals surface area contributed by atoms with Gasteiger partial charge in [-0.2, -0.15) is 0 Å². The topological polar surface area (TPSA) is 12.0 Å². The third kappa shape index (κ3) is 2.37. The molecule has 1 N–H and O–H groups in total. The van der Waals surface area contributed by atoms with E-state index in [4.69, 9.17) is 0 Å². The fraction of sp³-hybridized carbons (Fsp3) is 0.0769. The molecular weight excluding hydrogens is 208 g/mol. The van der Waals surface area contributed by atoms with Gasteiger partial charge < -0.3 is 5.32 Å². The third-order valence-electron chi connectivity index (χ3n) is 2.29. The second-order valence-corrected chi connectivity index (χ2v) is 3.60. The number of rotatable bonds is 2. The molecule has 0 saturated carbocycles. The van der Waals surface area contributed by atoms with Crippen LogP contribution in [-0.2, 0) is 0 Å². The van der Waals surface area contributed by atoms with Crippen LogP contribution >= 0.6 is 0 Å². The monoisotopic (exact) mass is 219 g/mol. The van der Waals surface area contributed by atoms with Crippen LogP contribution in [0.15, 0.2) is 42.5 Å². The molecule has 0 amide bonds. The zero-order chi connectivity index (χ0) is 11.5. The second-order valence-electron chi connectivity index (χ2n) is 3.60. The Labute approximate surface area is 92.7 Å². The first kappa shape index (κ1) is 10.6. The van der Waals surface area contributed by atoms with Gasteiger partial charge in [-0.1, -0.05) is 0 Å². The van der Waals surface area contributed by atoms with E-state index in [9.17, 15) is 8.78 Å². The van der Waals surface area contributed by atoms with E-state index in [-0.39, 0.29) is 11.6 Å². The number of aryl methyl sites for hydroxylation is 1. The molecular formula is C13H11F2N. The first-order chi connectivity index (χ1) is 7.65. The average molecular weight is 219 g/mol. The van der Waals surface area contributed by atoms with Crippen molar-refractivity contribution in [2.24, 2.45) is 0 Å².